The van der Waals surface area contributed by atoms with E-state index in [0.29, 0.717) is 5.01 Å². The van der Waals surface area contributed by atoms with E-state index in [1.807, 2.05) is 24.3 Å². The van der Waals surface area contributed by atoms with E-state index in [1.54, 1.807) is 19.2 Å². The summed E-state index contributed by atoms with van der Waals surface area (Å²) in [6.07, 6.45) is -0.742. The van der Waals surface area contributed by atoms with Gasteiger partial charge >= 0.3 is 12.1 Å². The van der Waals surface area contributed by atoms with Crippen LogP contribution in [0.4, 0.5) is 4.79 Å². The summed E-state index contributed by atoms with van der Waals surface area (Å²) in [5.41, 5.74) is 4.77. The molecule has 1 aliphatic rings. The zero-order valence-electron chi connectivity index (χ0n) is 18.8. The number of ether oxygens (including phenoxy) is 1. The van der Waals surface area contributed by atoms with Crippen molar-refractivity contribution in [1.82, 2.24) is 15.6 Å². The number of fused-ring (bicyclic) bond motifs is 3. The van der Waals surface area contributed by atoms with Gasteiger partial charge in [-0.1, -0.05) is 48.5 Å². The van der Waals surface area contributed by atoms with Crippen molar-refractivity contribution in [1.29, 1.82) is 0 Å². The Kier molecular flexibility index (Phi) is 6.93. The molecule has 2 aromatic carbocycles. The number of aliphatic carboxylic acids is 1. The lowest BCUT2D eigenvalue weighted by molar-refractivity contribution is -0.137. The summed E-state index contributed by atoms with van der Waals surface area (Å²) in [6.45, 7) is 3.58. The molecule has 0 saturated carbocycles. The van der Waals surface area contributed by atoms with E-state index in [4.69, 9.17) is 9.84 Å². The van der Waals surface area contributed by atoms with Crippen molar-refractivity contribution in [2.45, 2.75) is 38.3 Å². The number of thiazole rings is 1. The number of aromatic nitrogens is 1. The number of rotatable bonds is 8. The van der Waals surface area contributed by atoms with Crippen LogP contribution >= 0.6 is 11.3 Å². The van der Waals surface area contributed by atoms with E-state index in [1.165, 1.54) is 11.3 Å². The second-order valence-corrected chi connectivity index (χ2v) is 9.12. The van der Waals surface area contributed by atoms with E-state index in [2.05, 4.69) is 39.9 Å². The molecule has 0 fully saturated rings. The zero-order valence-corrected chi connectivity index (χ0v) is 19.6. The fourth-order valence-corrected chi connectivity index (χ4v) is 4.89. The lowest BCUT2D eigenvalue weighted by Gasteiger charge is -2.16. The maximum Gasteiger partial charge on any atom is 0.407 e. The third kappa shape index (κ3) is 5.09. The van der Waals surface area contributed by atoms with Crippen LogP contribution in [-0.4, -0.2) is 40.7 Å². The van der Waals surface area contributed by atoms with Crippen LogP contribution in [0.25, 0.3) is 11.1 Å². The Labute approximate surface area is 201 Å². The van der Waals surface area contributed by atoms with Gasteiger partial charge in [0.2, 0.25) is 0 Å². The van der Waals surface area contributed by atoms with Crippen molar-refractivity contribution in [2.75, 3.05) is 6.61 Å². The number of hydrogen-bond acceptors (Lipinski definition) is 6. The van der Waals surface area contributed by atoms with Gasteiger partial charge in [-0.05, 0) is 36.1 Å². The Morgan fingerprint density at radius 1 is 1.03 bits per heavy atom. The number of nitrogens with one attached hydrogen (secondary N) is 2. The summed E-state index contributed by atoms with van der Waals surface area (Å²) in [5.74, 6) is -1.48. The van der Waals surface area contributed by atoms with Gasteiger partial charge in [-0.3, -0.25) is 9.59 Å². The highest BCUT2D eigenvalue weighted by Gasteiger charge is 2.29. The smallest absolute Gasteiger partial charge is 0.407 e. The standard InChI is InChI=1S/C25H25N3O5S/c1-14(11-22(29)30)26-23(31)21-13-34-24(28-21)15(2)27-25(32)33-12-20-18-9-5-3-7-16(18)17-8-4-6-10-19(17)20/h3-10,13-15,20H,11-12H2,1-2H3,(H,26,31)(H,27,32)(H,29,30)/t14-,15?/m0/s1. The molecule has 0 spiro atoms. The second kappa shape index (κ2) is 10.0. The number of carboxylic acids is 1. The van der Waals surface area contributed by atoms with Crippen LogP contribution in [-0.2, 0) is 9.53 Å². The zero-order chi connectivity index (χ0) is 24.2. The van der Waals surface area contributed by atoms with Gasteiger partial charge in [-0.15, -0.1) is 11.3 Å². The third-order valence-corrected chi connectivity index (χ3v) is 6.69. The number of nitrogens with zero attached hydrogens (tertiary/aromatic N) is 1. The fraction of sp³-hybridized carbons (Fsp3) is 0.280. The minimum Gasteiger partial charge on any atom is -0.481 e. The molecule has 0 bridgehead atoms. The number of carboxylic acid groups (broad SMARTS) is 1. The fourth-order valence-electron chi connectivity index (χ4n) is 4.08. The van der Waals surface area contributed by atoms with Crippen molar-refractivity contribution < 1.29 is 24.2 Å². The van der Waals surface area contributed by atoms with Crippen LogP contribution < -0.4 is 10.6 Å². The SMILES string of the molecule is CC(NC(=O)OCC1c2ccccc2-c2ccccc21)c1nc(C(=O)N[C@@H](C)CC(=O)O)cs1. The van der Waals surface area contributed by atoms with Gasteiger partial charge in [0.15, 0.2) is 0 Å². The summed E-state index contributed by atoms with van der Waals surface area (Å²) >= 11 is 1.24. The van der Waals surface area contributed by atoms with Gasteiger partial charge < -0.3 is 20.5 Å². The predicted octanol–water partition coefficient (Wildman–Crippen LogP) is 4.34. The van der Waals surface area contributed by atoms with Crippen molar-refractivity contribution in [2.24, 2.45) is 0 Å². The Balaban J connectivity index is 1.34. The van der Waals surface area contributed by atoms with E-state index in [0.717, 1.165) is 22.3 Å². The maximum atomic E-state index is 12.5. The molecule has 9 heteroatoms. The topological polar surface area (TPSA) is 118 Å². The second-order valence-electron chi connectivity index (χ2n) is 8.23. The highest BCUT2D eigenvalue weighted by molar-refractivity contribution is 7.09. The van der Waals surface area contributed by atoms with Crippen LogP contribution in [0.15, 0.2) is 53.9 Å². The molecule has 3 N–H and O–H groups in total. The van der Waals surface area contributed by atoms with E-state index in [-0.39, 0.29) is 24.6 Å². The summed E-state index contributed by atoms with van der Waals surface area (Å²) in [6, 6.07) is 15.3. The first-order valence-electron chi connectivity index (χ1n) is 10.9. The van der Waals surface area contributed by atoms with Gasteiger partial charge in [0, 0.05) is 17.3 Å². The monoisotopic (exact) mass is 479 g/mol. The average molecular weight is 480 g/mol. The largest absolute Gasteiger partial charge is 0.481 e. The highest BCUT2D eigenvalue weighted by Crippen LogP contribution is 2.44. The molecule has 2 atom stereocenters. The molecule has 2 amide bonds. The summed E-state index contributed by atoms with van der Waals surface area (Å²) in [4.78, 5) is 39.8. The molecule has 1 aromatic heterocycles. The number of alkyl carbamates (subject to hydrolysis) is 1. The van der Waals surface area contributed by atoms with Crippen LogP contribution in [0.3, 0.4) is 0 Å². The first-order chi connectivity index (χ1) is 16.3. The quantitative estimate of drug-likeness (QED) is 0.443. The molecular weight excluding hydrogens is 454 g/mol. The first kappa shape index (κ1) is 23.4. The number of hydrogen-bond donors (Lipinski definition) is 3. The summed E-state index contributed by atoms with van der Waals surface area (Å²) in [5, 5.41) is 16.3. The molecule has 1 aliphatic carbocycles. The number of amides is 2. The van der Waals surface area contributed by atoms with E-state index in [9.17, 15) is 14.4 Å². The molecule has 1 unspecified atom stereocenters. The molecule has 3 aromatic rings. The third-order valence-electron chi connectivity index (χ3n) is 5.66. The molecule has 34 heavy (non-hydrogen) atoms. The van der Waals surface area contributed by atoms with Crippen LogP contribution in [0.1, 0.15) is 58.9 Å². The molecule has 0 saturated heterocycles. The normalized spacial score (nSPS) is 13.9. The highest BCUT2D eigenvalue weighted by atomic mass is 32.1. The molecule has 1 heterocycles. The summed E-state index contributed by atoms with van der Waals surface area (Å²) in [7, 11) is 0. The van der Waals surface area contributed by atoms with Gasteiger partial charge in [-0.25, -0.2) is 9.78 Å². The van der Waals surface area contributed by atoms with Gasteiger partial charge in [0.1, 0.15) is 17.3 Å². The average Bonchev–Trinajstić information content (AvgIpc) is 3.41. The number of carbonyl (C=O) groups is 3. The lowest BCUT2D eigenvalue weighted by atomic mass is 9.98. The minimum absolute atomic E-state index is 0.0311. The Morgan fingerprint density at radius 3 is 2.26 bits per heavy atom. The van der Waals surface area contributed by atoms with E-state index >= 15 is 0 Å². The number of carbonyl (C=O) groups excluding carboxylic acids is 2. The summed E-state index contributed by atoms with van der Waals surface area (Å²) < 4.78 is 5.57. The van der Waals surface area contributed by atoms with Crippen molar-refractivity contribution in [3.05, 3.63) is 75.7 Å². The minimum atomic E-state index is -0.993. The van der Waals surface area contributed by atoms with Crippen LogP contribution in [0.5, 0.6) is 0 Å². The first-order valence-corrected chi connectivity index (χ1v) is 11.8. The predicted molar refractivity (Wildman–Crippen MR) is 128 cm³/mol. The Hall–Kier alpha value is -3.72. The lowest BCUT2D eigenvalue weighted by Crippen LogP contribution is -2.34. The van der Waals surface area contributed by atoms with Crippen molar-refractivity contribution >= 4 is 29.3 Å². The van der Waals surface area contributed by atoms with Gasteiger partial charge in [0.05, 0.1) is 12.5 Å². The Bertz CT molecular complexity index is 1180. The van der Waals surface area contributed by atoms with Crippen LogP contribution in [0.2, 0.25) is 0 Å². The molecular formula is C25H25N3O5S. The van der Waals surface area contributed by atoms with E-state index < -0.39 is 30.1 Å². The Morgan fingerprint density at radius 2 is 1.65 bits per heavy atom. The molecule has 0 radical (unpaired) electrons. The van der Waals surface area contributed by atoms with Gasteiger partial charge in [-0.2, -0.15) is 0 Å². The maximum absolute atomic E-state index is 12.5. The number of benzene rings is 2. The molecule has 8 nitrogen and oxygen atoms in total. The molecule has 4 rings (SSSR count). The molecule has 0 aliphatic heterocycles. The van der Waals surface area contributed by atoms with Crippen LogP contribution in [0, 0.1) is 0 Å². The molecule has 176 valence electrons. The van der Waals surface area contributed by atoms with Crippen molar-refractivity contribution in [3.63, 3.8) is 0 Å². The van der Waals surface area contributed by atoms with Gasteiger partial charge in [0.25, 0.3) is 5.91 Å². The van der Waals surface area contributed by atoms with Crippen molar-refractivity contribution in [3.8, 4) is 11.1 Å².